The molecule has 4 N–H and O–H groups in total. The third-order valence-electron chi connectivity index (χ3n) is 10.4. The Hall–Kier alpha value is -6.71. The zero-order valence-electron chi connectivity index (χ0n) is 34.6. The summed E-state index contributed by atoms with van der Waals surface area (Å²) in [6, 6.07) is 25.9. The number of nitriles is 2. The van der Waals surface area contributed by atoms with Gasteiger partial charge in [0.1, 0.15) is 67.1 Å². The van der Waals surface area contributed by atoms with Crippen LogP contribution < -0.4 is 24.3 Å². The lowest BCUT2D eigenvalue weighted by atomic mass is 9.92. The highest BCUT2D eigenvalue weighted by Gasteiger charge is 2.32. The Morgan fingerprint density at radius 2 is 1.13 bits per heavy atom. The van der Waals surface area contributed by atoms with Crippen LogP contribution in [0, 0.1) is 36.5 Å². The van der Waals surface area contributed by atoms with Gasteiger partial charge in [-0.3, -0.25) is 20.1 Å². The molecule has 0 amide bonds. The minimum atomic E-state index is -1.62. The number of aromatic nitrogens is 2. The molecule has 6 rings (SSSR count). The SMILES string of the molecule is Cc1c(COc2cc(OCc3cncc(C#N)c3)c(CO)cc2Cl)cccc1-c1cccc(COc2cc(OCc3cncc(C#N)c3)c(CNC(C)(CO)C(=O)O)cc2Cl)c1C. The van der Waals surface area contributed by atoms with E-state index in [0.717, 1.165) is 33.4 Å². The Labute approximate surface area is 374 Å². The molecule has 0 aliphatic rings. The van der Waals surface area contributed by atoms with Crippen molar-refractivity contribution < 1.29 is 39.1 Å². The highest BCUT2D eigenvalue weighted by molar-refractivity contribution is 6.32. The fourth-order valence-electron chi connectivity index (χ4n) is 6.54. The number of benzene rings is 4. The Kier molecular flexibility index (Phi) is 15.2. The minimum Gasteiger partial charge on any atom is -0.488 e. The number of aliphatic hydroxyl groups excluding tert-OH is 2. The van der Waals surface area contributed by atoms with Gasteiger partial charge in [-0.2, -0.15) is 10.5 Å². The summed E-state index contributed by atoms with van der Waals surface area (Å²) in [6.07, 6.45) is 6.10. The van der Waals surface area contributed by atoms with E-state index in [0.29, 0.717) is 61.4 Å². The first kappa shape index (κ1) is 45.8. The van der Waals surface area contributed by atoms with Crippen LogP contribution in [0.4, 0.5) is 0 Å². The summed E-state index contributed by atoms with van der Waals surface area (Å²) < 4.78 is 24.8. The lowest BCUT2D eigenvalue weighted by molar-refractivity contribution is -0.145. The number of aliphatic hydroxyl groups is 2. The maximum absolute atomic E-state index is 11.9. The topological polar surface area (TPSA) is 200 Å². The van der Waals surface area contributed by atoms with Crippen LogP contribution in [0.5, 0.6) is 23.0 Å². The predicted octanol–water partition coefficient (Wildman–Crippen LogP) is 8.54. The molecule has 13 nitrogen and oxygen atoms in total. The molecular formula is C48H43Cl2N5O8. The van der Waals surface area contributed by atoms with Crippen LogP contribution in [0.15, 0.2) is 97.6 Å². The number of carboxylic acid groups (broad SMARTS) is 1. The normalized spacial score (nSPS) is 11.8. The van der Waals surface area contributed by atoms with E-state index >= 15 is 0 Å². The van der Waals surface area contributed by atoms with E-state index in [9.17, 15) is 30.6 Å². The second kappa shape index (κ2) is 20.9. The summed E-state index contributed by atoms with van der Waals surface area (Å²) in [5, 5.41) is 51.5. The number of halogens is 2. The Bertz CT molecular complexity index is 2720. The lowest BCUT2D eigenvalue weighted by Gasteiger charge is -2.25. The lowest BCUT2D eigenvalue weighted by Crippen LogP contribution is -2.52. The molecule has 4 aromatic carbocycles. The van der Waals surface area contributed by atoms with Crippen LogP contribution in [-0.4, -0.2) is 43.4 Å². The van der Waals surface area contributed by atoms with E-state index in [4.69, 9.17) is 42.1 Å². The van der Waals surface area contributed by atoms with Crippen molar-refractivity contribution in [3.8, 4) is 46.3 Å². The van der Waals surface area contributed by atoms with Gasteiger partial charge in [0, 0.05) is 65.7 Å². The molecule has 63 heavy (non-hydrogen) atoms. The number of ether oxygens (including phenoxy) is 4. The maximum Gasteiger partial charge on any atom is 0.326 e. The minimum absolute atomic E-state index is 0.00322. The van der Waals surface area contributed by atoms with E-state index in [-0.39, 0.29) is 44.6 Å². The van der Waals surface area contributed by atoms with Gasteiger partial charge in [0.15, 0.2) is 0 Å². The van der Waals surface area contributed by atoms with Gasteiger partial charge in [0.2, 0.25) is 0 Å². The van der Waals surface area contributed by atoms with Crippen molar-refractivity contribution in [3.05, 3.63) is 163 Å². The summed E-state index contributed by atoms with van der Waals surface area (Å²) in [4.78, 5) is 20.1. The molecule has 322 valence electrons. The predicted molar refractivity (Wildman–Crippen MR) is 235 cm³/mol. The van der Waals surface area contributed by atoms with Crippen LogP contribution in [0.2, 0.25) is 10.0 Å². The van der Waals surface area contributed by atoms with Gasteiger partial charge in [-0.25, -0.2) is 0 Å². The van der Waals surface area contributed by atoms with Crippen molar-refractivity contribution in [1.29, 1.82) is 10.5 Å². The van der Waals surface area contributed by atoms with Gasteiger partial charge >= 0.3 is 5.97 Å². The van der Waals surface area contributed by atoms with E-state index < -0.39 is 18.1 Å². The van der Waals surface area contributed by atoms with E-state index in [2.05, 4.69) is 27.4 Å². The molecular weight excluding hydrogens is 845 g/mol. The molecule has 0 saturated heterocycles. The van der Waals surface area contributed by atoms with Crippen molar-refractivity contribution in [2.75, 3.05) is 6.61 Å². The first-order chi connectivity index (χ1) is 30.4. The smallest absolute Gasteiger partial charge is 0.326 e. The summed E-state index contributed by atoms with van der Waals surface area (Å²) in [7, 11) is 0. The standard InChI is InChI=1S/C48H43Cl2N5O8/c1-29-35(26-62-45-14-43(60-24-33-10-31(16-51)18-53-20-33)37(12-41(45)49)22-55-48(3,28-57)47(58)59)6-4-8-39(29)40-9-5-7-36(30(40)2)27-63-46-15-44(38(23-56)13-42(46)50)61-25-34-11-32(17-52)19-54-21-34/h4-15,18-21,55-57H,22-28H2,1-3H3,(H,58,59). The second-order valence-electron chi connectivity index (χ2n) is 14.8. The van der Waals surface area contributed by atoms with Crippen LogP contribution in [0.25, 0.3) is 11.1 Å². The molecule has 0 fully saturated rings. The molecule has 0 aliphatic heterocycles. The van der Waals surface area contributed by atoms with Gasteiger partial charge < -0.3 is 34.3 Å². The van der Waals surface area contributed by atoms with Crippen molar-refractivity contribution >= 4 is 29.2 Å². The van der Waals surface area contributed by atoms with Gasteiger partial charge in [-0.15, -0.1) is 0 Å². The quantitative estimate of drug-likeness (QED) is 0.0604. The Morgan fingerprint density at radius 1 is 0.667 bits per heavy atom. The fourth-order valence-corrected chi connectivity index (χ4v) is 7.03. The summed E-state index contributed by atoms with van der Waals surface area (Å²) in [5.41, 5.74) is 7.27. The average molecular weight is 889 g/mol. The number of hydrogen-bond acceptors (Lipinski definition) is 12. The molecule has 0 radical (unpaired) electrons. The molecule has 1 unspecified atom stereocenters. The van der Waals surface area contributed by atoms with Crippen LogP contribution >= 0.6 is 23.2 Å². The number of aliphatic carboxylic acids is 1. The Morgan fingerprint density at radius 3 is 1.57 bits per heavy atom. The number of pyridine rings is 2. The van der Waals surface area contributed by atoms with Crippen LogP contribution in [-0.2, 0) is 44.4 Å². The van der Waals surface area contributed by atoms with Gasteiger partial charge in [-0.1, -0.05) is 59.6 Å². The molecule has 15 heteroatoms. The van der Waals surface area contributed by atoms with E-state index in [1.807, 2.05) is 50.2 Å². The molecule has 2 heterocycles. The molecule has 0 saturated carbocycles. The fraction of sp³-hybridized carbons (Fsp3) is 0.229. The number of carboxylic acids is 1. The highest BCUT2D eigenvalue weighted by Crippen LogP contribution is 2.37. The molecule has 0 aliphatic carbocycles. The number of rotatable bonds is 19. The zero-order chi connectivity index (χ0) is 45.1. The molecule has 0 spiro atoms. The Balaban J connectivity index is 1.19. The number of nitrogens with one attached hydrogen (secondary N) is 1. The highest BCUT2D eigenvalue weighted by atomic mass is 35.5. The van der Waals surface area contributed by atoms with E-state index in [1.54, 1.807) is 48.8 Å². The van der Waals surface area contributed by atoms with Crippen LogP contribution in [0.3, 0.4) is 0 Å². The number of nitrogens with zero attached hydrogens (tertiary/aromatic N) is 4. The van der Waals surface area contributed by atoms with Crippen molar-refractivity contribution in [2.24, 2.45) is 0 Å². The molecule has 2 aromatic heterocycles. The average Bonchev–Trinajstić information content (AvgIpc) is 3.29. The summed E-state index contributed by atoms with van der Waals surface area (Å²) >= 11 is 13.4. The summed E-state index contributed by atoms with van der Waals surface area (Å²) in [5.74, 6) is 0.213. The van der Waals surface area contributed by atoms with Crippen LogP contribution in [0.1, 0.15) is 62.6 Å². The largest absolute Gasteiger partial charge is 0.488 e. The zero-order valence-corrected chi connectivity index (χ0v) is 36.1. The molecule has 0 bridgehead atoms. The van der Waals surface area contributed by atoms with E-state index in [1.165, 1.54) is 19.3 Å². The second-order valence-corrected chi connectivity index (χ2v) is 15.6. The first-order valence-corrected chi connectivity index (χ1v) is 20.3. The monoisotopic (exact) mass is 887 g/mol. The van der Waals surface area contributed by atoms with Crippen molar-refractivity contribution in [3.63, 3.8) is 0 Å². The molecule has 6 aromatic rings. The maximum atomic E-state index is 11.9. The third kappa shape index (κ3) is 11.2. The van der Waals surface area contributed by atoms with Gasteiger partial charge in [-0.05, 0) is 78.4 Å². The van der Waals surface area contributed by atoms with Gasteiger partial charge in [0.05, 0.1) is 34.4 Å². The van der Waals surface area contributed by atoms with Crippen molar-refractivity contribution in [2.45, 2.75) is 65.9 Å². The van der Waals surface area contributed by atoms with Gasteiger partial charge in [0.25, 0.3) is 0 Å². The first-order valence-electron chi connectivity index (χ1n) is 19.6. The third-order valence-corrected chi connectivity index (χ3v) is 11.0. The molecule has 1 atom stereocenters. The summed E-state index contributed by atoms with van der Waals surface area (Å²) in [6.45, 7) is 4.97. The number of hydrogen-bond donors (Lipinski definition) is 4. The van der Waals surface area contributed by atoms with Crippen molar-refractivity contribution in [1.82, 2.24) is 15.3 Å². The number of carbonyl (C=O) groups is 1.